The van der Waals surface area contributed by atoms with Crippen LogP contribution in [0, 0.1) is 0 Å². The largest absolute Gasteiger partial charge is 0.491 e. The van der Waals surface area contributed by atoms with Crippen LogP contribution in [0.15, 0.2) is 72.8 Å². The van der Waals surface area contributed by atoms with Gasteiger partial charge in [0.2, 0.25) is 0 Å². The molecule has 0 radical (unpaired) electrons. The lowest BCUT2D eigenvalue weighted by Gasteiger charge is -2.27. The van der Waals surface area contributed by atoms with E-state index >= 15 is 0 Å². The summed E-state index contributed by atoms with van der Waals surface area (Å²) in [6, 6.07) is 20.3. The van der Waals surface area contributed by atoms with Crippen LogP contribution >= 0.6 is 0 Å². The fourth-order valence-corrected chi connectivity index (χ4v) is 3.90. The number of hydrogen-bond donors (Lipinski definition) is 1. The summed E-state index contributed by atoms with van der Waals surface area (Å²) in [6.45, 7) is 6.41. The molecule has 1 aliphatic heterocycles. The van der Waals surface area contributed by atoms with Gasteiger partial charge in [0.25, 0.3) is 11.8 Å². The van der Waals surface area contributed by atoms with Crippen molar-refractivity contribution in [3.05, 3.63) is 101 Å². The van der Waals surface area contributed by atoms with Crippen LogP contribution in [-0.4, -0.2) is 34.4 Å². The van der Waals surface area contributed by atoms with Gasteiger partial charge < -0.3 is 9.84 Å². The molecule has 6 heteroatoms. The lowest BCUT2D eigenvalue weighted by molar-refractivity contribution is 0.0529. The van der Waals surface area contributed by atoms with Crippen molar-refractivity contribution in [2.45, 2.75) is 32.2 Å². The third kappa shape index (κ3) is 4.37. The van der Waals surface area contributed by atoms with Crippen LogP contribution in [0.1, 0.15) is 69.0 Å². The number of ether oxygens (including phenoxy) is 1. The Bertz CT molecular complexity index is 1230. The highest BCUT2D eigenvalue weighted by Crippen LogP contribution is 2.33. The number of aromatic carboxylic acids is 1. The number of carboxylic acids is 1. The molecule has 1 atom stereocenters. The van der Waals surface area contributed by atoms with Crippen LogP contribution in [-0.2, 0) is 5.41 Å². The SMILES string of the molecule is CC(C)(C)c1cccc(OC[C@H](c2ccccc2)N2C(=O)c3ccc(C(=O)O)cc3C2=O)c1. The lowest BCUT2D eigenvalue weighted by Crippen LogP contribution is -2.37. The van der Waals surface area contributed by atoms with Crippen LogP contribution in [0.4, 0.5) is 0 Å². The van der Waals surface area contributed by atoms with Crippen molar-refractivity contribution >= 4 is 17.8 Å². The fourth-order valence-electron chi connectivity index (χ4n) is 3.90. The summed E-state index contributed by atoms with van der Waals surface area (Å²) >= 11 is 0. The van der Waals surface area contributed by atoms with Crippen molar-refractivity contribution < 1.29 is 24.2 Å². The highest BCUT2D eigenvalue weighted by Gasteiger charge is 2.41. The molecule has 0 spiro atoms. The maximum absolute atomic E-state index is 13.3. The highest BCUT2D eigenvalue weighted by molar-refractivity contribution is 6.22. The second-order valence-corrected chi connectivity index (χ2v) is 9.06. The number of fused-ring (bicyclic) bond motifs is 1. The average molecular weight is 443 g/mol. The van der Waals surface area contributed by atoms with E-state index in [1.807, 2.05) is 54.6 Å². The van der Waals surface area contributed by atoms with E-state index < -0.39 is 23.8 Å². The molecule has 1 aliphatic rings. The molecule has 0 unspecified atom stereocenters. The summed E-state index contributed by atoms with van der Waals surface area (Å²) in [5, 5.41) is 9.28. The monoisotopic (exact) mass is 443 g/mol. The van der Waals surface area contributed by atoms with E-state index in [2.05, 4.69) is 20.8 Å². The van der Waals surface area contributed by atoms with Crippen LogP contribution in [0.5, 0.6) is 5.75 Å². The summed E-state index contributed by atoms with van der Waals surface area (Å²) < 4.78 is 6.09. The van der Waals surface area contributed by atoms with E-state index in [1.54, 1.807) is 0 Å². The first-order valence-electron chi connectivity index (χ1n) is 10.7. The second-order valence-electron chi connectivity index (χ2n) is 9.06. The number of rotatable bonds is 6. The molecule has 1 N–H and O–H groups in total. The van der Waals surface area contributed by atoms with Crippen molar-refractivity contribution in [2.75, 3.05) is 6.61 Å². The summed E-state index contributed by atoms with van der Waals surface area (Å²) in [5.74, 6) is -1.50. The zero-order chi connectivity index (χ0) is 23.8. The normalized spacial score (nSPS) is 14.2. The van der Waals surface area contributed by atoms with Crippen molar-refractivity contribution in [3.63, 3.8) is 0 Å². The molecule has 3 aromatic carbocycles. The molecule has 168 valence electrons. The summed E-state index contributed by atoms with van der Waals surface area (Å²) in [7, 11) is 0. The fraction of sp³-hybridized carbons (Fsp3) is 0.222. The number of benzene rings is 3. The molecular weight excluding hydrogens is 418 g/mol. The average Bonchev–Trinajstić information content (AvgIpc) is 3.04. The molecule has 33 heavy (non-hydrogen) atoms. The van der Waals surface area contributed by atoms with Gasteiger partial charge in [-0.2, -0.15) is 0 Å². The Kier molecular flexibility index (Phi) is 5.77. The Morgan fingerprint density at radius 1 is 0.909 bits per heavy atom. The highest BCUT2D eigenvalue weighted by atomic mass is 16.5. The van der Waals surface area contributed by atoms with E-state index in [9.17, 15) is 19.5 Å². The summed E-state index contributed by atoms with van der Waals surface area (Å²) in [4.78, 5) is 39.0. The van der Waals surface area contributed by atoms with Gasteiger partial charge in [-0.15, -0.1) is 0 Å². The first-order valence-corrected chi connectivity index (χ1v) is 10.7. The van der Waals surface area contributed by atoms with E-state index in [0.29, 0.717) is 5.75 Å². The summed E-state index contributed by atoms with van der Waals surface area (Å²) in [5.41, 5.74) is 2.05. The van der Waals surface area contributed by atoms with Gasteiger partial charge in [0, 0.05) is 0 Å². The number of carbonyl (C=O) groups is 3. The minimum absolute atomic E-state index is 0.0387. The zero-order valence-corrected chi connectivity index (χ0v) is 18.7. The molecule has 4 rings (SSSR count). The van der Waals surface area contributed by atoms with E-state index in [4.69, 9.17) is 4.74 Å². The number of imide groups is 1. The van der Waals surface area contributed by atoms with Crippen molar-refractivity contribution in [1.29, 1.82) is 0 Å². The second kappa shape index (κ2) is 8.54. The van der Waals surface area contributed by atoms with Crippen molar-refractivity contribution in [2.24, 2.45) is 0 Å². The van der Waals surface area contributed by atoms with Gasteiger partial charge in [-0.1, -0.05) is 63.2 Å². The number of amides is 2. The lowest BCUT2D eigenvalue weighted by atomic mass is 9.87. The Hall–Kier alpha value is -3.93. The van der Waals surface area contributed by atoms with E-state index in [0.717, 1.165) is 11.1 Å². The Morgan fingerprint density at radius 2 is 1.61 bits per heavy atom. The molecule has 1 heterocycles. The molecule has 3 aromatic rings. The third-order valence-corrected chi connectivity index (χ3v) is 5.77. The van der Waals surface area contributed by atoms with Gasteiger partial charge in [0.05, 0.1) is 22.7 Å². The van der Waals surface area contributed by atoms with E-state index in [-0.39, 0.29) is 28.7 Å². The maximum atomic E-state index is 13.3. The smallest absolute Gasteiger partial charge is 0.335 e. The minimum Gasteiger partial charge on any atom is -0.491 e. The maximum Gasteiger partial charge on any atom is 0.335 e. The number of carboxylic acid groups (broad SMARTS) is 1. The number of hydrogen-bond acceptors (Lipinski definition) is 4. The molecule has 0 aromatic heterocycles. The van der Waals surface area contributed by atoms with Gasteiger partial charge >= 0.3 is 5.97 Å². The predicted octanol–water partition coefficient (Wildman–Crippen LogP) is 5.10. The van der Waals surface area contributed by atoms with Crippen LogP contribution < -0.4 is 4.74 Å². The van der Waals surface area contributed by atoms with Crippen molar-refractivity contribution in [3.8, 4) is 5.75 Å². The molecule has 0 saturated carbocycles. The zero-order valence-electron chi connectivity index (χ0n) is 18.7. The third-order valence-electron chi connectivity index (χ3n) is 5.77. The standard InChI is InChI=1S/C27H25NO5/c1-27(2,3)19-10-7-11-20(15-19)33-16-23(17-8-5-4-6-9-17)28-24(29)21-13-12-18(26(31)32)14-22(21)25(28)30/h4-15,23H,16H2,1-3H3,(H,31,32)/t23-/m1/s1. The molecular formula is C27H25NO5. The minimum atomic E-state index is -1.15. The molecule has 0 aliphatic carbocycles. The predicted molar refractivity (Wildman–Crippen MR) is 124 cm³/mol. The van der Waals surface area contributed by atoms with Crippen LogP contribution in [0.3, 0.4) is 0 Å². The Labute approximate surface area is 192 Å². The first kappa shape index (κ1) is 22.3. The van der Waals surface area contributed by atoms with Crippen LogP contribution in [0.2, 0.25) is 0 Å². The quantitative estimate of drug-likeness (QED) is 0.536. The van der Waals surface area contributed by atoms with Gasteiger partial charge in [0.15, 0.2) is 0 Å². The number of carbonyl (C=O) groups excluding carboxylic acids is 2. The molecule has 0 saturated heterocycles. The number of nitrogens with zero attached hydrogens (tertiary/aromatic N) is 1. The molecule has 0 bridgehead atoms. The van der Waals surface area contributed by atoms with Gasteiger partial charge in [0.1, 0.15) is 12.4 Å². The van der Waals surface area contributed by atoms with Gasteiger partial charge in [-0.05, 0) is 46.9 Å². The molecule has 0 fully saturated rings. The molecule has 6 nitrogen and oxygen atoms in total. The van der Waals surface area contributed by atoms with E-state index in [1.165, 1.54) is 23.1 Å². The van der Waals surface area contributed by atoms with Gasteiger partial charge in [-0.25, -0.2) is 4.79 Å². The van der Waals surface area contributed by atoms with Crippen molar-refractivity contribution in [1.82, 2.24) is 4.90 Å². The molecule has 2 amide bonds. The topological polar surface area (TPSA) is 83.9 Å². The van der Waals surface area contributed by atoms with Crippen LogP contribution in [0.25, 0.3) is 0 Å². The first-order chi connectivity index (χ1) is 15.7. The summed E-state index contributed by atoms with van der Waals surface area (Å²) in [6.07, 6.45) is 0. The van der Waals surface area contributed by atoms with Gasteiger partial charge in [-0.3, -0.25) is 14.5 Å². The Morgan fingerprint density at radius 3 is 2.27 bits per heavy atom. The Balaban J connectivity index is 1.67.